The molecule has 0 aromatic carbocycles. The van der Waals surface area contributed by atoms with Crippen LogP contribution in [0.2, 0.25) is 0 Å². The van der Waals surface area contributed by atoms with E-state index in [-0.39, 0.29) is 5.97 Å². The summed E-state index contributed by atoms with van der Waals surface area (Å²) in [6, 6.07) is 0.491. The molecule has 1 atom stereocenters. The van der Waals surface area contributed by atoms with Crippen LogP contribution in [0.25, 0.3) is 0 Å². The zero-order chi connectivity index (χ0) is 14.6. The lowest BCUT2D eigenvalue weighted by molar-refractivity contribution is -0.148. The van der Waals surface area contributed by atoms with Crippen molar-refractivity contribution in [1.29, 1.82) is 0 Å². The zero-order valence-electron chi connectivity index (χ0n) is 12.1. The smallest absolute Gasteiger partial charge is 0.325 e. The Morgan fingerprint density at radius 3 is 2.95 bits per heavy atom. The third-order valence-electron chi connectivity index (χ3n) is 3.60. The summed E-state index contributed by atoms with van der Waals surface area (Å²) in [4.78, 5) is 11.7. The van der Waals surface area contributed by atoms with Crippen molar-refractivity contribution < 1.29 is 9.53 Å². The Labute approximate surface area is 122 Å². The molecule has 1 unspecified atom stereocenters. The maximum absolute atomic E-state index is 11.7. The van der Waals surface area contributed by atoms with Crippen molar-refractivity contribution >= 4 is 17.7 Å². The van der Waals surface area contributed by atoms with Gasteiger partial charge in [0.15, 0.2) is 0 Å². The van der Waals surface area contributed by atoms with Gasteiger partial charge in [-0.1, -0.05) is 11.8 Å². The minimum atomic E-state index is -0.627. The SMILES string of the molecule is CNC(C)(CCCSc1nnnn1C1CC1)C(=O)OC. The van der Waals surface area contributed by atoms with Gasteiger partial charge in [0, 0.05) is 5.75 Å². The number of likely N-dealkylation sites (N-methyl/N-ethyl adjacent to an activating group) is 1. The molecule has 1 heterocycles. The number of thioether (sulfide) groups is 1. The van der Waals surface area contributed by atoms with Crippen LogP contribution in [0.3, 0.4) is 0 Å². The largest absolute Gasteiger partial charge is 0.468 e. The molecule has 0 bridgehead atoms. The lowest BCUT2D eigenvalue weighted by Gasteiger charge is -2.25. The number of aromatic nitrogens is 4. The van der Waals surface area contributed by atoms with E-state index >= 15 is 0 Å². The maximum Gasteiger partial charge on any atom is 0.325 e. The highest BCUT2D eigenvalue weighted by atomic mass is 32.2. The molecule has 20 heavy (non-hydrogen) atoms. The van der Waals surface area contributed by atoms with Gasteiger partial charge >= 0.3 is 5.97 Å². The van der Waals surface area contributed by atoms with E-state index in [1.165, 1.54) is 20.0 Å². The minimum Gasteiger partial charge on any atom is -0.468 e. The predicted molar refractivity (Wildman–Crippen MR) is 75.5 cm³/mol. The fourth-order valence-corrected chi connectivity index (χ4v) is 2.86. The highest BCUT2D eigenvalue weighted by molar-refractivity contribution is 7.99. The molecule has 1 aromatic rings. The van der Waals surface area contributed by atoms with Crippen molar-refractivity contribution in [2.24, 2.45) is 0 Å². The van der Waals surface area contributed by atoms with Crippen LogP contribution in [0.1, 0.15) is 38.6 Å². The first-order valence-electron chi connectivity index (χ1n) is 6.78. The molecule has 112 valence electrons. The molecule has 0 saturated heterocycles. The van der Waals surface area contributed by atoms with Crippen molar-refractivity contribution in [2.75, 3.05) is 19.9 Å². The van der Waals surface area contributed by atoms with Crippen molar-refractivity contribution in [3.63, 3.8) is 0 Å². The van der Waals surface area contributed by atoms with Crippen LogP contribution in [0.15, 0.2) is 5.16 Å². The summed E-state index contributed by atoms with van der Waals surface area (Å²) in [6.07, 6.45) is 3.93. The molecular formula is C12H21N5O2S. The van der Waals surface area contributed by atoms with Gasteiger partial charge in [-0.15, -0.1) is 5.10 Å². The summed E-state index contributed by atoms with van der Waals surface area (Å²) in [6.45, 7) is 1.86. The van der Waals surface area contributed by atoms with E-state index < -0.39 is 5.54 Å². The Bertz CT molecular complexity index is 462. The monoisotopic (exact) mass is 299 g/mol. The number of carbonyl (C=O) groups excluding carboxylic acids is 1. The number of rotatable bonds is 8. The lowest BCUT2D eigenvalue weighted by Crippen LogP contribution is -2.48. The average molecular weight is 299 g/mol. The first-order valence-corrected chi connectivity index (χ1v) is 7.77. The number of nitrogens with one attached hydrogen (secondary N) is 1. The van der Waals surface area contributed by atoms with Gasteiger partial charge < -0.3 is 10.1 Å². The van der Waals surface area contributed by atoms with Crippen LogP contribution in [0.4, 0.5) is 0 Å². The van der Waals surface area contributed by atoms with E-state index in [0.717, 1.165) is 17.3 Å². The van der Waals surface area contributed by atoms with E-state index in [2.05, 4.69) is 20.8 Å². The average Bonchev–Trinajstić information content (AvgIpc) is 3.21. The van der Waals surface area contributed by atoms with Gasteiger partial charge in [0.1, 0.15) is 5.54 Å². The standard InChI is InChI=1S/C12H21N5O2S/c1-12(13-2,10(18)19-3)7-4-8-20-11-14-15-16-17(11)9-5-6-9/h9,13H,4-8H2,1-3H3. The number of esters is 1. The topological polar surface area (TPSA) is 81.9 Å². The quantitative estimate of drug-likeness (QED) is 0.436. The first kappa shape index (κ1) is 15.2. The van der Waals surface area contributed by atoms with Crippen LogP contribution in [-0.2, 0) is 9.53 Å². The highest BCUT2D eigenvalue weighted by Gasteiger charge is 2.32. The Balaban J connectivity index is 1.78. The zero-order valence-corrected chi connectivity index (χ0v) is 12.9. The second-order valence-corrected chi connectivity index (χ2v) is 6.22. The number of nitrogens with zero attached hydrogens (tertiary/aromatic N) is 4. The van der Waals surface area contributed by atoms with Crippen molar-refractivity contribution in [1.82, 2.24) is 25.5 Å². The number of carbonyl (C=O) groups is 1. The van der Waals surface area contributed by atoms with Gasteiger partial charge in [0.2, 0.25) is 5.16 Å². The molecule has 1 N–H and O–H groups in total. The van der Waals surface area contributed by atoms with E-state index in [1.54, 1.807) is 18.8 Å². The van der Waals surface area contributed by atoms with E-state index in [9.17, 15) is 4.79 Å². The van der Waals surface area contributed by atoms with Gasteiger partial charge in [-0.2, -0.15) is 0 Å². The number of hydrogen-bond donors (Lipinski definition) is 1. The molecule has 1 aliphatic carbocycles. The molecule has 0 aliphatic heterocycles. The summed E-state index contributed by atoms with van der Waals surface area (Å²) in [5.74, 6) is 0.647. The van der Waals surface area contributed by atoms with Crippen molar-refractivity contribution in [3.8, 4) is 0 Å². The molecule has 1 aliphatic rings. The van der Waals surface area contributed by atoms with Gasteiger partial charge in [-0.05, 0) is 50.1 Å². The second-order valence-electron chi connectivity index (χ2n) is 5.16. The van der Waals surface area contributed by atoms with E-state index in [4.69, 9.17) is 4.74 Å². The summed E-state index contributed by atoms with van der Waals surface area (Å²) in [5.41, 5.74) is -0.627. The molecule has 0 radical (unpaired) electrons. The normalized spacial score (nSPS) is 17.8. The van der Waals surface area contributed by atoms with Crippen LogP contribution < -0.4 is 5.32 Å². The Morgan fingerprint density at radius 2 is 2.35 bits per heavy atom. The Hall–Kier alpha value is -1.15. The molecular weight excluding hydrogens is 278 g/mol. The number of hydrogen-bond acceptors (Lipinski definition) is 7. The van der Waals surface area contributed by atoms with Crippen LogP contribution >= 0.6 is 11.8 Å². The Kier molecular flexibility index (Phi) is 4.98. The molecule has 1 saturated carbocycles. The number of methoxy groups -OCH3 is 1. The van der Waals surface area contributed by atoms with Crippen LogP contribution in [0, 0.1) is 0 Å². The Morgan fingerprint density at radius 1 is 1.60 bits per heavy atom. The summed E-state index contributed by atoms with van der Waals surface area (Å²) < 4.78 is 6.73. The van der Waals surface area contributed by atoms with Gasteiger partial charge in [0.25, 0.3) is 0 Å². The molecule has 1 fully saturated rings. The third-order valence-corrected chi connectivity index (χ3v) is 4.62. The van der Waals surface area contributed by atoms with Crippen LogP contribution in [-0.4, -0.2) is 51.6 Å². The van der Waals surface area contributed by atoms with Gasteiger partial charge in [-0.3, -0.25) is 4.79 Å². The van der Waals surface area contributed by atoms with E-state index in [0.29, 0.717) is 12.5 Å². The molecule has 8 heteroatoms. The minimum absolute atomic E-state index is 0.229. The maximum atomic E-state index is 11.7. The van der Waals surface area contributed by atoms with Gasteiger partial charge in [0.05, 0.1) is 13.2 Å². The molecule has 0 spiro atoms. The number of ether oxygens (including phenoxy) is 1. The molecule has 2 rings (SSSR count). The van der Waals surface area contributed by atoms with Gasteiger partial charge in [-0.25, -0.2) is 4.68 Å². The second kappa shape index (κ2) is 6.53. The molecule has 0 amide bonds. The lowest BCUT2D eigenvalue weighted by atomic mass is 9.97. The fourth-order valence-electron chi connectivity index (χ4n) is 1.97. The van der Waals surface area contributed by atoms with Crippen molar-refractivity contribution in [2.45, 2.75) is 49.3 Å². The van der Waals surface area contributed by atoms with Crippen LogP contribution in [0.5, 0.6) is 0 Å². The number of tetrazole rings is 1. The highest BCUT2D eigenvalue weighted by Crippen LogP contribution is 2.36. The fraction of sp³-hybridized carbons (Fsp3) is 0.833. The van der Waals surface area contributed by atoms with E-state index in [1.807, 2.05) is 11.6 Å². The predicted octanol–water partition coefficient (Wildman–Crippen LogP) is 1.03. The summed E-state index contributed by atoms with van der Waals surface area (Å²) in [5, 5.41) is 15.7. The summed E-state index contributed by atoms with van der Waals surface area (Å²) >= 11 is 1.64. The third kappa shape index (κ3) is 3.49. The van der Waals surface area contributed by atoms with Crippen molar-refractivity contribution in [3.05, 3.63) is 0 Å². The summed E-state index contributed by atoms with van der Waals surface area (Å²) in [7, 11) is 3.19. The first-order chi connectivity index (χ1) is 9.60. The molecule has 7 nitrogen and oxygen atoms in total. The molecule has 1 aromatic heterocycles.